The molecule has 156 valence electrons. The van der Waals surface area contributed by atoms with Gasteiger partial charge in [-0.25, -0.2) is 0 Å². The molecule has 3 heterocycles. The molecule has 9 heteroatoms. The van der Waals surface area contributed by atoms with Crippen LogP contribution in [-0.4, -0.2) is 36.1 Å². The Balaban J connectivity index is 1.33. The molecule has 0 radical (unpaired) electrons. The Labute approximate surface area is 182 Å². The molecule has 0 aliphatic heterocycles. The zero-order valence-electron chi connectivity index (χ0n) is 17.1. The topological polar surface area (TPSA) is 128 Å². The van der Waals surface area contributed by atoms with Gasteiger partial charge in [0.05, 0.1) is 41.8 Å². The largest absolute Gasteiger partial charge is 0.318 e. The van der Waals surface area contributed by atoms with Gasteiger partial charge in [-0.15, -0.1) is 0 Å². The quantitative estimate of drug-likeness (QED) is 0.398. The van der Waals surface area contributed by atoms with Gasteiger partial charge >= 0.3 is 0 Å². The number of hydrogen-bond donors (Lipinski definition) is 3. The number of aryl methyl sites for hydroxylation is 1. The molecule has 3 N–H and O–H groups in total. The number of nitrogens with zero attached hydrogens (tertiary/aromatic N) is 5. The first-order chi connectivity index (χ1) is 15.6. The fraction of sp³-hybridized carbons (Fsp3) is 0.0870. The van der Waals surface area contributed by atoms with Crippen molar-refractivity contribution in [1.29, 1.82) is 5.26 Å². The number of hydrogen-bond acceptors (Lipinski definition) is 5. The zero-order chi connectivity index (χ0) is 22.1. The van der Waals surface area contributed by atoms with E-state index in [2.05, 4.69) is 36.9 Å². The highest BCUT2D eigenvalue weighted by Gasteiger charge is 2.16. The van der Waals surface area contributed by atoms with Crippen LogP contribution in [0.5, 0.6) is 0 Å². The normalized spacial score (nSPS) is 10.9. The summed E-state index contributed by atoms with van der Waals surface area (Å²) in [6.45, 7) is 2.44. The molecule has 0 saturated heterocycles. The van der Waals surface area contributed by atoms with Gasteiger partial charge in [-0.3, -0.25) is 19.7 Å². The first-order valence-electron chi connectivity index (χ1n) is 9.91. The molecule has 3 aromatic heterocycles. The highest BCUT2D eigenvalue weighted by Crippen LogP contribution is 2.24. The predicted molar refractivity (Wildman–Crippen MR) is 119 cm³/mol. The number of anilines is 1. The minimum absolute atomic E-state index is 0.309. The summed E-state index contributed by atoms with van der Waals surface area (Å²) in [7, 11) is 0. The number of carbonyl (C=O) groups excluding carboxylic acids is 1. The second kappa shape index (κ2) is 7.85. The number of H-pyrrole nitrogens is 2. The number of aromatic amines is 2. The summed E-state index contributed by atoms with van der Waals surface area (Å²) in [6, 6.07) is 13.6. The number of carbonyl (C=O) groups is 1. The number of fused-ring (bicyclic) bond motifs is 1. The Hall–Kier alpha value is -4.71. The molecular formula is C23H18N8O. The Bertz CT molecular complexity index is 1470. The third-order valence-electron chi connectivity index (χ3n) is 5.11. The Morgan fingerprint density at radius 2 is 2.09 bits per heavy atom. The van der Waals surface area contributed by atoms with Crippen molar-refractivity contribution in [2.24, 2.45) is 0 Å². The van der Waals surface area contributed by atoms with Crippen molar-refractivity contribution in [2.45, 2.75) is 13.5 Å². The van der Waals surface area contributed by atoms with Crippen LogP contribution in [0.25, 0.3) is 22.0 Å². The molecule has 5 rings (SSSR count). The first-order valence-corrected chi connectivity index (χ1v) is 9.91. The second-order valence-corrected chi connectivity index (χ2v) is 7.52. The maximum Gasteiger partial charge on any atom is 0.276 e. The fourth-order valence-electron chi connectivity index (χ4n) is 3.69. The standard InChI is InChI=1S/C23H18N8O/c1-14-4-15(8-24)6-16(5-14)12-31-13-19(11-27-31)28-23(32)22-20-3-2-17(7-21(20)29-30-22)18-9-25-26-10-18/h2-7,9-11,13H,12H2,1H3,(H,25,26)(H,28,32)(H,29,30). The van der Waals surface area contributed by atoms with E-state index in [1.54, 1.807) is 29.5 Å². The average molecular weight is 422 g/mol. The summed E-state index contributed by atoms with van der Waals surface area (Å²) in [5.74, 6) is -0.325. The van der Waals surface area contributed by atoms with Crippen molar-refractivity contribution in [2.75, 3.05) is 5.32 Å². The number of benzene rings is 2. The first kappa shape index (κ1) is 19.3. The Kier molecular flexibility index (Phi) is 4.72. The molecule has 5 aromatic rings. The van der Waals surface area contributed by atoms with E-state index < -0.39 is 0 Å². The van der Waals surface area contributed by atoms with E-state index >= 15 is 0 Å². The second-order valence-electron chi connectivity index (χ2n) is 7.52. The Morgan fingerprint density at radius 3 is 2.91 bits per heavy atom. The summed E-state index contributed by atoms with van der Waals surface area (Å²) >= 11 is 0. The molecule has 2 aromatic carbocycles. The van der Waals surface area contributed by atoms with Gasteiger partial charge in [0.2, 0.25) is 0 Å². The highest BCUT2D eigenvalue weighted by molar-refractivity contribution is 6.11. The number of rotatable bonds is 5. The molecular weight excluding hydrogens is 404 g/mol. The van der Waals surface area contributed by atoms with E-state index in [0.29, 0.717) is 23.5 Å². The van der Waals surface area contributed by atoms with E-state index in [-0.39, 0.29) is 5.91 Å². The van der Waals surface area contributed by atoms with Crippen molar-refractivity contribution in [3.8, 4) is 17.2 Å². The number of nitrogens with one attached hydrogen (secondary N) is 3. The molecule has 0 saturated carbocycles. The summed E-state index contributed by atoms with van der Waals surface area (Å²) in [4.78, 5) is 12.8. The highest BCUT2D eigenvalue weighted by atomic mass is 16.2. The number of aromatic nitrogens is 6. The Morgan fingerprint density at radius 1 is 1.19 bits per heavy atom. The van der Waals surface area contributed by atoms with Gasteiger partial charge in [-0.05, 0) is 47.9 Å². The monoisotopic (exact) mass is 422 g/mol. The third kappa shape index (κ3) is 3.73. The third-order valence-corrected chi connectivity index (χ3v) is 5.11. The van der Waals surface area contributed by atoms with Crippen molar-refractivity contribution in [3.63, 3.8) is 0 Å². The molecule has 0 fully saturated rings. The average Bonchev–Trinajstić information content (AvgIpc) is 3.54. The van der Waals surface area contributed by atoms with Crippen LogP contribution in [0.15, 0.2) is 61.2 Å². The maximum atomic E-state index is 12.8. The van der Waals surface area contributed by atoms with Gasteiger partial charge in [0.1, 0.15) is 0 Å². The summed E-state index contributed by atoms with van der Waals surface area (Å²) in [5, 5.41) is 30.9. The number of nitriles is 1. The van der Waals surface area contributed by atoms with Gasteiger partial charge in [0, 0.05) is 23.3 Å². The van der Waals surface area contributed by atoms with E-state index in [4.69, 9.17) is 5.26 Å². The van der Waals surface area contributed by atoms with Crippen molar-refractivity contribution in [3.05, 3.63) is 83.6 Å². The zero-order valence-corrected chi connectivity index (χ0v) is 17.1. The molecule has 0 bridgehead atoms. The van der Waals surface area contributed by atoms with Crippen LogP contribution in [0.2, 0.25) is 0 Å². The van der Waals surface area contributed by atoms with Gasteiger partial charge in [-0.1, -0.05) is 12.1 Å². The van der Waals surface area contributed by atoms with Gasteiger partial charge in [0.25, 0.3) is 5.91 Å². The lowest BCUT2D eigenvalue weighted by molar-refractivity contribution is 0.102. The predicted octanol–water partition coefficient (Wildman–Crippen LogP) is 3.63. The fourth-order valence-corrected chi connectivity index (χ4v) is 3.69. The minimum atomic E-state index is -0.325. The van der Waals surface area contributed by atoms with E-state index in [1.807, 2.05) is 43.3 Å². The summed E-state index contributed by atoms with van der Waals surface area (Å²) < 4.78 is 1.71. The van der Waals surface area contributed by atoms with E-state index in [1.165, 1.54) is 0 Å². The van der Waals surface area contributed by atoms with Crippen molar-refractivity contribution in [1.82, 2.24) is 30.2 Å². The number of amides is 1. The molecule has 0 atom stereocenters. The SMILES string of the molecule is Cc1cc(C#N)cc(Cn2cc(NC(=O)c3n[nH]c4cc(-c5cn[nH]c5)ccc34)cn2)c1. The minimum Gasteiger partial charge on any atom is -0.318 e. The summed E-state index contributed by atoms with van der Waals surface area (Å²) in [6.07, 6.45) is 6.88. The molecule has 0 aliphatic carbocycles. The molecule has 32 heavy (non-hydrogen) atoms. The van der Waals surface area contributed by atoms with Crippen LogP contribution < -0.4 is 5.32 Å². The lowest BCUT2D eigenvalue weighted by Gasteiger charge is -2.04. The molecule has 0 aliphatic rings. The van der Waals surface area contributed by atoms with Crippen LogP contribution >= 0.6 is 0 Å². The molecule has 0 spiro atoms. The van der Waals surface area contributed by atoms with Crippen molar-refractivity contribution >= 4 is 22.5 Å². The lowest BCUT2D eigenvalue weighted by atomic mass is 10.1. The van der Waals surface area contributed by atoms with E-state index in [0.717, 1.165) is 33.2 Å². The van der Waals surface area contributed by atoms with Crippen LogP contribution in [-0.2, 0) is 6.54 Å². The van der Waals surface area contributed by atoms with Crippen LogP contribution in [0.4, 0.5) is 5.69 Å². The van der Waals surface area contributed by atoms with Crippen LogP contribution in [0.1, 0.15) is 27.2 Å². The van der Waals surface area contributed by atoms with Gasteiger partial charge in [-0.2, -0.15) is 20.6 Å². The molecule has 9 nitrogen and oxygen atoms in total. The van der Waals surface area contributed by atoms with E-state index in [9.17, 15) is 4.79 Å². The van der Waals surface area contributed by atoms with Crippen molar-refractivity contribution < 1.29 is 4.79 Å². The summed E-state index contributed by atoms with van der Waals surface area (Å²) in [5.41, 5.74) is 6.15. The lowest BCUT2D eigenvalue weighted by Crippen LogP contribution is -2.12. The van der Waals surface area contributed by atoms with Crippen LogP contribution in [0, 0.1) is 18.3 Å². The molecule has 1 amide bonds. The van der Waals surface area contributed by atoms with Gasteiger partial charge < -0.3 is 5.32 Å². The maximum absolute atomic E-state index is 12.8. The molecule has 0 unspecified atom stereocenters. The van der Waals surface area contributed by atoms with Crippen LogP contribution in [0.3, 0.4) is 0 Å². The van der Waals surface area contributed by atoms with Gasteiger partial charge in [0.15, 0.2) is 5.69 Å². The smallest absolute Gasteiger partial charge is 0.276 e.